The van der Waals surface area contributed by atoms with Gasteiger partial charge < -0.3 is 4.74 Å². The van der Waals surface area contributed by atoms with E-state index in [2.05, 4.69) is 29.0 Å². The van der Waals surface area contributed by atoms with E-state index >= 15 is 0 Å². The van der Waals surface area contributed by atoms with Gasteiger partial charge in [0.2, 0.25) is 0 Å². The van der Waals surface area contributed by atoms with Gasteiger partial charge in [0.15, 0.2) is 5.13 Å². The van der Waals surface area contributed by atoms with Crippen molar-refractivity contribution in [3.05, 3.63) is 53.2 Å². The molecule has 1 atom stereocenters. The van der Waals surface area contributed by atoms with Gasteiger partial charge in [0.05, 0.1) is 23.4 Å². The maximum absolute atomic E-state index is 12.9. The van der Waals surface area contributed by atoms with E-state index in [1.807, 2.05) is 35.7 Å². The Morgan fingerprint density at radius 1 is 1.39 bits per heavy atom. The molecule has 1 amide bonds. The van der Waals surface area contributed by atoms with Gasteiger partial charge >= 0.3 is 0 Å². The highest BCUT2D eigenvalue weighted by atomic mass is 32.1. The summed E-state index contributed by atoms with van der Waals surface area (Å²) in [4.78, 5) is 24.3. The highest BCUT2D eigenvalue weighted by molar-refractivity contribution is 7.13. The molecule has 1 aliphatic heterocycles. The van der Waals surface area contributed by atoms with Crippen LogP contribution in [-0.2, 0) is 4.74 Å². The second-order valence-electron chi connectivity index (χ2n) is 7.42. The second kappa shape index (κ2) is 8.34. The Morgan fingerprint density at radius 2 is 2.25 bits per heavy atom. The van der Waals surface area contributed by atoms with Crippen LogP contribution in [0.5, 0.6) is 0 Å². The Hall–Kier alpha value is -2.35. The number of anilines is 1. The van der Waals surface area contributed by atoms with E-state index in [0.717, 1.165) is 36.2 Å². The fourth-order valence-corrected chi connectivity index (χ4v) is 4.09. The maximum atomic E-state index is 12.9. The molecule has 3 aromatic rings. The van der Waals surface area contributed by atoms with Crippen molar-refractivity contribution < 1.29 is 9.53 Å². The first-order valence-electron chi connectivity index (χ1n) is 9.54. The van der Waals surface area contributed by atoms with Crippen LogP contribution >= 0.6 is 11.3 Å². The van der Waals surface area contributed by atoms with E-state index < -0.39 is 0 Å². The van der Waals surface area contributed by atoms with Crippen molar-refractivity contribution in [1.82, 2.24) is 14.9 Å². The zero-order valence-electron chi connectivity index (χ0n) is 16.1. The summed E-state index contributed by atoms with van der Waals surface area (Å²) < 4.78 is 6.02. The predicted molar refractivity (Wildman–Crippen MR) is 112 cm³/mol. The molecular formula is C21H24N4O2S. The number of rotatable bonds is 5. The number of nitrogens with one attached hydrogen (secondary N) is 1. The second-order valence-corrected chi connectivity index (χ2v) is 8.31. The van der Waals surface area contributed by atoms with E-state index in [1.54, 1.807) is 6.20 Å². The summed E-state index contributed by atoms with van der Waals surface area (Å²) in [5.74, 6) is 0.424. The van der Waals surface area contributed by atoms with Crippen LogP contribution in [0.25, 0.3) is 10.9 Å². The van der Waals surface area contributed by atoms with Crippen LogP contribution in [0.4, 0.5) is 5.13 Å². The van der Waals surface area contributed by atoms with Crippen LogP contribution in [0.15, 0.2) is 41.9 Å². The molecule has 28 heavy (non-hydrogen) atoms. The minimum atomic E-state index is -0.176. The van der Waals surface area contributed by atoms with Gasteiger partial charge in [-0.2, -0.15) is 0 Å². The van der Waals surface area contributed by atoms with Gasteiger partial charge in [-0.05, 0) is 18.1 Å². The topological polar surface area (TPSA) is 67.3 Å². The normalized spacial score (nSPS) is 17.9. The fraction of sp³-hybridized carbons (Fsp3) is 0.381. The first-order chi connectivity index (χ1) is 13.6. The average Bonchev–Trinajstić information content (AvgIpc) is 3.20. The first kappa shape index (κ1) is 19.0. The van der Waals surface area contributed by atoms with E-state index in [4.69, 9.17) is 9.72 Å². The van der Waals surface area contributed by atoms with E-state index in [-0.39, 0.29) is 12.0 Å². The number of benzene rings is 1. The number of fused-ring (bicyclic) bond motifs is 1. The van der Waals surface area contributed by atoms with E-state index in [9.17, 15) is 4.79 Å². The van der Waals surface area contributed by atoms with E-state index in [0.29, 0.717) is 23.2 Å². The largest absolute Gasteiger partial charge is 0.369 e. The van der Waals surface area contributed by atoms with Gasteiger partial charge in [-0.25, -0.2) is 9.97 Å². The van der Waals surface area contributed by atoms with Crippen molar-refractivity contribution in [2.45, 2.75) is 20.0 Å². The number of ether oxygens (including phenoxy) is 1. The molecule has 4 rings (SSSR count). The molecule has 3 heterocycles. The quantitative estimate of drug-likeness (QED) is 0.707. The van der Waals surface area contributed by atoms with Gasteiger partial charge in [0.1, 0.15) is 6.10 Å². The number of aromatic nitrogens is 2. The molecule has 0 aliphatic carbocycles. The van der Waals surface area contributed by atoms with Crippen molar-refractivity contribution in [2.24, 2.45) is 5.92 Å². The van der Waals surface area contributed by atoms with Crippen molar-refractivity contribution in [1.29, 1.82) is 0 Å². The number of thiazole rings is 1. The van der Waals surface area contributed by atoms with Crippen LogP contribution in [0.1, 0.15) is 36.0 Å². The molecule has 1 fully saturated rings. The molecule has 0 radical (unpaired) electrons. The highest BCUT2D eigenvalue weighted by Gasteiger charge is 2.25. The summed E-state index contributed by atoms with van der Waals surface area (Å²) in [5.41, 5.74) is 2.20. The summed E-state index contributed by atoms with van der Waals surface area (Å²) in [6.07, 6.45) is 1.54. The minimum Gasteiger partial charge on any atom is -0.369 e. The van der Waals surface area contributed by atoms with Gasteiger partial charge in [0, 0.05) is 36.6 Å². The number of pyridine rings is 1. The number of amides is 1. The van der Waals surface area contributed by atoms with Gasteiger partial charge in [0.25, 0.3) is 5.91 Å². The number of carbonyl (C=O) groups excluding carboxylic acids is 1. The van der Waals surface area contributed by atoms with Gasteiger partial charge in [-0.1, -0.05) is 32.0 Å². The molecule has 6 nitrogen and oxygen atoms in total. The summed E-state index contributed by atoms with van der Waals surface area (Å²) in [7, 11) is 0. The number of para-hydroxylation sites is 1. The van der Waals surface area contributed by atoms with Crippen molar-refractivity contribution in [3.63, 3.8) is 0 Å². The Kier molecular flexibility index (Phi) is 5.66. The Balaban J connectivity index is 1.66. The molecule has 7 heteroatoms. The number of carbonyl (C=O) groups is 1. The molecule has 0 spiro atoms. The van der Waals surface area contributed by atoms with Crippen LogP contribution < -0.4 is 5.32 Å². The molecule has 1 aliphatic rings. The summed E-state index contributed by atoms with van der Waals surface area (Å²) in [6, 6.07) is 9.60. The molecular weight excluding hydrogens is 372 g/mol. The predicted octanol–water partition coefficient (Wildman–Crippen LogP) is 3.97. The third kappa shape index (κ3) is 4.22. The van der Waals surface area contributed by atoms with Crippen molar-refractivity contribution in [2.75, 3.05) is 31.6 Å². The lowest BCUT2D eigenvalue weighted by Crippen LogP contribution is -2.40. The molecule has 1 saturated heterocycles. The molecule has 2 aromatic heterocycles. The number of nitrogens with zero attached hydrogens (tertiary/aromatic N) is 3. The molecule has 0 bridgehead atoms. The van der Waals surface area contributed by atoms with Gasteiger partial charge in [-0.15, -0.1) is 11.3 Å². The zero-order chi connectivity index (χ0) is 19.5. The van der Waals surface area contributed by atoms with Gasteiger partial charge in [-0.3, -0.25) is 15.0 Å². The monoisotopic (exact) mass is 396 g/mol. The zero-order valence-corrected chi connectivity index (χ0v) is 16.9. The smallest absolute Gasteiger partial charge is 0.258 e. The third-order valence-electron chi connectivity index (χ3n) is 4.74. The van der Waals surface area contributed by atoms with E-state index in [1.165, 1.54) is 11.3 Å². The van der Waals surface area contributed by atoms with Crippen molar-refractivity contribution in [3.8, 4) is 0 Å². The van der Waals surface area contributed by atoms with Crippen LogP contribution in [0, 0.1) is 5.92 Å². The fourth-order valence-electron chi connectivity index (χ4n) is 3.56. The van der Waals surface area contributed by atoms with Crippen LogP contribution in [-0.4, -0.2) is 47.0 Å². The number of hydrogen-bond donors (Lipinski definition) is 1. The summed E-state index contributed by atoms with van der Waals surface area (Å²) in [5, 5.41) is 6.14. The SMILES string of the molecule is CC(C)CN1CCOC(c2cc(C(=O)Nc3nccs3)c3ccccc3n2)C1. The molecule has 1 aromatic carbocycles. The molecule has 1 N–H and O–H groups in total. The highest BCUT2D eigenvalue weighted by Crippen LogP contribution is 2.27. The first-order valence-corrected chi connectivity index (χ1v) is 10.4. The Bertz CT molecular complexity index is 958. The molecule has 0 saturated carbocycles. The Labute approximate surface area is 168 Å². The number of hydrogen-bond acceptors (Lipinski definition) is 6. The summed E-state index contributed by atoms with van der Waals surface area (Å²) >= 11 is 1.40. The lowest BCUT2D eigenvalue weighted by atomic mass is 10.0. The minimum absolute atomic E-state index is 0.136. The summed E-state index contributed by atoms with van der Waals surface area (Å²) in [6.45, 7) is 7.87. The van der Waals surface area contributed by atoms with Crippen molar-refractivity contribution >= 4 is 33.3 Å². The third-order valence-corrected chi connectivity index (χ3v) is 5.43. The Morgan fingerprint density at radius 3 is 3.04 bits per heavy atom. The lowest BCUT2D eigenvalue weighted by molar-refractivity contribution is -0.0351. The van der Waals surface area contributed by atoms with Crippen LogP contribution in [0.3, 0.4) is 0 Å². The average molecular weight is 397 g/mol. The lowest BCUT2D eigenvalue weighted by Gasteiger charge is -2.33. The number of morpholine rings is 1. The maximum Gasteiger partial charge on any atom is 0.258 e. The molecule has 1 unspecified atom stereocenters. The standard InChI is InChI=1S/C21H24N4O2S/c1-14(2)12-25-8-9-27-19(13-25)18-11-16(15-5-3-4-6-17(15)23-18)20(26)24-21-22-7-10-28-21/h3-7,10-11,14,19H,8-9,12-13H2,1-2H3,(H,22,24,26). The molecule has 146 valence electrons. The van der Waals surface area contributed by atoms with Crippen LogP contribution in [0.2, 0.25) is 0 Å².